The highest BCUT2D eigenvalue weighted by atomic mass is 35.5. The lowest BCUT2D eigenvalue weighted by Crippen LogP contribution is -2.00. The Kier molecular flexibility index (Phi) is 6.67. The van der Waals surface area contributed by atoms with Crippen LogP contribution in [0, 0.1) is 0 Å². The van der Waals surface area contributed by atoms with Crippen molar-refractivity contribution in [1.82, 2.24) is 5.16 Å². The molecule has 0 saturated carbocycles. The largest absolute Gasteiger partial charge is 0.489 e. The van der Waals surface area contributed by atoms with Crippen LogP contribution < -0.4 is 10.5 Å². The Morgan fingerprint density at radius 3 is 2.34 bits per heavy atom. The van der Waals surface area contributed by atoms with Gasteiger partial charge in [0.15, 0.2) is 0 Å². The van der Waals surface area contributed by atoms with E-state index in [0.717, 1.165) is 57.5 Å². The minimum Gasteiger partial charge on any atom is -0.489 e. The van der Waals surface area contributed by atoms with Gasteiger partial charge in [-0.2, -0.15) is 0 Å². The lowest BCUT2D eigenvalue weighted by atomic mass is 10.0. The molecule has 0 aliphatic heterocycles. The summed E-state index contributed by atoms with van der Waals surface area (Å²) < 4.78 is 11.9. The van der Waals surface area contributed by atoms with Crippen LogP contribution in [0.25, 0.3) is 33.2 Å². The molecule has 35 heavy (non-hydrogen) atoms. The summed E-state index contributed by atoms with van der Waals surface area (Å²) in [4.78, 5) is 0. The van der Waals surface area contributed by atoms with E-state index in [1.165, 1.54) is 0 Å². The standard InChI is InChI=1S/C29H24Cl2N2O2/c1-2-5-27-24(29(33-35-27)28-25(30)8-4-9-26(28)31)17-34-23-13-12-20-14-19(10-11-21(20)16-23)18-6-3-7-22(32)15-18/h3-4,6-16H,2,5,17,32H2,1H3. The molecule has 2 N–H and O–H groups in total. The van der Waals surface area contributed by atoms with Crippen molar-refractivity contribution < 1.29 is 9.26 Å². The average molecular weight is 503 g/mol. The molecule has 4 aromatic carbocycles. The van der Waals surface area contributed by atoms with Crippen molar-refractivity contribution in [3.63, 3.8) is 0 Å². The second-order valence-corrected chi connectivity index (χ2v) is 9.23. The van der Waals surface area contributed by atoms with Gasteiger partial charge < -0.3 is 15.0 Å². The molecule has 0 spiro atoms. The van der Waals surface area contributed by atoms with E-state index in [4.69, 9.17) is 38.2 Å². The van der Waals surface area contributed by atoms with Gasteiger partial charge in [-0.15, -0.1) is 0 Å². The molecule has 1 heterocycles. The van der Waals surface area contributed by atoms with E-state index in [1.807, 2.05) is 36.4 Å². The van der Waals surface area contributed by atoms with Crippen molar-refractivity contribution in [3.8, 4) is 28.1 Å². The molecule has 0 unspecified atom stereocenters. The number of nitrogens with two attached hydrogens (primary N) is 1. The summed E-state index contributed by atoms with van der Waals surface area (Å²) in [5.74, 6) is 1.54. The Morgan fingerprint density at radius 2 is 1.57 bits per heavy atom. The first-order chi connectivity index (χ1) is 17.0. The van der Waals surface area contributed by atoms with Gasteiger partial charge in [-0.3, -0.25) is 0 Å². The van der Waals surface area contributed by atoms with Crippen LogP contribution in [0.2, 0.25) is 10.0 Å². The number of nitrogens with zero attached hydrogens (tertiary/aromatic N) is 1. The number of hydrogen-bond donors (Lipinski definition) is 1. The number of nitrogen functional groups attached to an aromatic ring is 1. The highest BCUT2D eigenvalue weighted by molar-refractivity contribution is 6.39. The summed E-state index contributed by atoms with van der Waals surface area (Å²) in [7, 11) is 0. The third kappa shape index (κ3) is 4.86. The highest BCUT2D eigenvalue weighted by Gasteiger charge is 2.22. The smallest absolute Gasteiger partial charge is 0.143 e. The van der Waals surface area contributed by atoms with Crippen LogP contribution >= 0.6 is 23.2 Å². The maximum atomic E-state index is 6.46. The molecular weight excluding hydrogens is 479 g/mol. The first kappa shape index (κ1) is 23.3. The van der Waals surface area contributed by atoms with Crippen molar-refractivity contribution >= 4 is 39.7 Å². The maximum absolute atomic E-state index is 6.46. The van der Waals surface area contributed by atoms with Crippen LogP contribution in [-0.2, 0) is 13.0 Å². The van der Waals surface area contributed by atoms with E-state index in [2.05, 4.69) is 42.4 Å². The van der Waals surface area contributed by atoms with E-state index in [0.29, 0.717) is 27.9 Å². The Balaban J connectivity index is 1.43. The van der Waals surface area contributed by atoms with Gasteiger partial charge in [0.1, 0.15) is 23.8 Å². The third-order valence-electron chi connectivity index (χ3n) is 5.96. The van der Waals surface area contributed by atoms with Crippen molar-refractivity contribution in [2.75, 3.05) is 5.73 Å². The normalized spacial score (nSPS) is 11.2. The molecule has 5 aromatic rings. The number of fused-ring (bicyclic) bond motifs is 1. The molecule has 4 nitrogen and oxygen atoms in total. The van der Waals surface area contributed by atoms with Gasteiger partial charge in [-0.1, -0.05) is 71.7 Å². The summed E-state index contributed by atoms with van der Waals surface area (Å²) in [6.07, 6.45) is 1.67. The molecule has 1 aromatic heterocycles. The maximum Gasteiger partial charge on any atom is 0.143 e. The molecule has 0 aliphatic rings. The molecular formula is C29H24Cl2N2O2. The molecule has 0 bridgehead atoms. The van der Waals surface area contributed by atoms with Gasteiger partial charge >= 0.3 is 0 Å². The molecule has 0 radical (unpaired) electrons. The number of rotatable bonds is 7. The zero-order valence-electron chi connectivity index (χ0n) is 19.2. The summed E-state index contributed by atoms with van der Waals surface area (Å²) in [5, 5.41) is 7.56. The zero-order chi connectivity index (χ0) is 24.4. The van der Waals surface area contributed by atoms with E-state index in [9.17, 15) is 0 Å². The van der Waals surface area contributed by atoms with E-state index >= 15 is 0 Å². The summed E-state index contributed by atoms with van der Waals surface area (Å²) >= 11 is 12.9. The van der Waals surface area contributed by atoms with Crippen LogP contribution in [0.4, 0.5) is 5.69 Å². The number of aryl methyl sites for hydroxylation is 1. The van der Waals surface area contributed by atoms with Crippen molar-refractivity contribution in [3.05, 3.63) is 100 Å². The predicted octanol–water partition coefficient (Wildman–Crippen LogP) is 8.58. The van der Waals surface area contributed by atoms with E-state index in [1.54, 1.807) is 12.1 Å². The topological polar surface area (TPSA) is 61.3 Å². The molecule has 5 rings (SSSR count). The van der Waals surface area contributed by atoms with Gasteiger partial charge in [0.05, 0.1) is 15.6 Å². The second kappa shape index (κ2) is 10.0. The van der Waals surface area contributed by atoms with Crippen LogP contribution in [0.3, 0.4) is 0 Å². The summed E-state index contributed by atoms with van der Waals surface area (Å²) in [6.45, 7) is 2.39. The van der Waals surface area contributed by atoms with Crippen molar-refractivity contribution in [1.29, 1.82) is 0 Å². The Labute approximate surface area is 214 Å². The zero-order valence-corrected chi connectivity index (χ0v) is 20.7. The Hall–Kier alpha value is -3.47. The van der Waals surface area contributed by atoms with Gasteiger partial charge in [0.2, 0.25) is 0 Å². The number of anilines is 1. The molecule has 0 saturated heterocycles. The minimum absolute atomic E-state index is 0.294. The van der Waals surface area contributed by atoms with Gasteiger partial charge in [0.25, 0.3) is 0 Å². The summed E-state index contributed by atoms with van der Waals surface area (Å²) in [6, 6.07) is 25.7. The first-order valence-corrected chi connectivity index (χ1v) is 12.2. The third-order valence-corrected chi connectivity index (χ3v) is 6.59. The minimum atomic E-state index is 0.294. The fourth-order valence-corrected chi connectivity index (χ4v) is 4.78. The highest BCUT2D eigenvalue weighted by Crippen LogP contribution is 2.38. The molecule has 0 aliphatic carbocycles. The van der Waals surface area contributed by atoms with Gasteiger partial charge in [0, 0.05) is 17.7 Å². The van der Waals surface area contributed by atoms with Gasteiger partial charge in [-0.05, 0) is 70.8 Å². The lowest BCUT2D eigenvalue weighted by molar-refractivity contribution is 0.300. The van der Waals surface area contributed by atoms with Crippen molar-refractivity contribution in [2.24, 2.45) is 0 Å². The Bertz CT molecular complexity index is 1490. The van der Waals surface area contributed by atoms with Crippen LogP contribution in [0.5, 0.6) is 5.75 Å². The predicted molar refractivity (Wildman–Crippen MR) is 144 cm³/mol. The number of aromatic nitrogens is 1. The lowest BCUT2D eigenvalue weighted by Gasteiger charge is -2.11. The molecule has 0 amide bonds. The van der Waals surface area contributed by atoms with E-state index in [-0.39, 0.29) is 0 Å². The average Bonchev–Trinajstić information content (AvgIpc) is 3.24. The van der Waals surface area contributed by atoms with Crippen LogP contribution in [0.1, 0.15) is 24.7 Å². The number of benzene rings is 4. The fourth-order valence-electron chi connectivity index (χ4n) is 4.20. The van der Waals surface area contributed by atoms with Gasteiger partial charge in [-0.25, -0.2) is 0 Å². The molecule has 176 valence electrons. The SMILES string of the molecule is CCCc1onc(-c2c(Cl)cccc2Cl)c1COc1ccc2cc(-c3cccc(N)c3)ccc2c1. The first-order valence-electron chi connectivity index (χ1n) is 11.5. The van der Waals surface area contributed by atoms with Crippen LogP contribution in [-0.4, -0.2) is 5.16 Å². The van der Waals surface area contributed by atoms with Crippen molar-refractivity contribution in [2.45, 2.75) is 26.4 Å². The quantitative estimate of drug-likeness (QED) is 0.226. The fraction of sp³-hybridized carbons (Fsp3) is 0.138. The number of hydrogen-bond acceptors (Lipinski definition) is 4. The second-order valence-electron chi connectivity index (χ2n) is 8.42. The molecule has 0 fully saturated rings. The number of halogens is 2. The number of ether oxygens (including phenoxy) is 1. The van der Waals surface area contributed by atoms with Crippen LogP contribution in [0.15, 0.2) is 83.4 Å². The molecule has 0 atom stereocenters. The Morgan fingerprint density at radius 1 is 0.857 bits per heavy atom. The van der Waals surface area contributed by atoms with E-state index < -0.39 is 0 Å². The molecule has 6 heteroatoms. The summed E-state index contributed by atoms with van der Waals surface area (Å²) in [5.41, 5.74) is 11.1. The monoisotopic (exact) mass is 502 g/mol.